The molecule has 4 rings (SSSR count). The number of Topliss-reactive ketones (excluding diaryl/α,β-unsaturated/α-hetero) is 1. The molecule has 0 spiro atoms. The van der Waals surface area contributed by atoms with Gasteiger partial charge in [-0.3, -0.25) is 14.2 Å². The number of nitrogens with zero attached hydrogens (tertiary/aromatic N) is 3. The van der Waals surface area contributed by atoms with E-state index in [1.807, 2.05) is 31.4 Å². The molecule has 1 fully saturated rings. The van der Waals surface area contributed by atoms with Crippen LogP contribution in [-0.2, 0) is 6.54 Å². The molecule has 0 amide bonds. The molecule has 1 aliphatic rings. The maximum absolute atomic E-state index is 12.8. The van der Waals surface area contributed by atoms with Crippen molar-refractivity contribution in [3.63, 3.8) is 0 Å². The number of thiophene rings is 1. The number of hydrogen-bond acceptors (Lipinski definition) is 5. The Kier molecular flexibility index (Phi) is 4.52. The van der Waals surface area contributed by atoms with Crippen LogP contribution in [0.3, 0.4) is 0 Å². The molecule has 1 saturated carbocycles. The third-order valence-electron chi connectivity index (χ3n) is 4.88. The normalized spacial score (nSPS) is 14.3. The first-order valence-electron chi connectivity index (χ1n) is 8.83. The van der Waals surface area contributed by atoms with E-state index < -0.39 is 0 Å². The van der Waals surface area contributed by atoms with Crippen LogP contribution in [0.25, 0.3) is 10.2 Å². The molecule has 0 N–H and O–H groups in total. The van der Waals surface area contributed by atoms with Gasteiger partial charge in [-0.2, -0.15) is 0 Å². The van der Waals surface area contributed by atoms with E-state index in [9.17, 15) is 9.59 Å². The number of aryl methyl sites for hydroxylation is 1. The van der Waals surface area contributed by atoms with Crippen molar-refractivity contribution in [2.24, 2.45) is 0 Å². The van der Waals surface area contributed by atoms with Gasteiger partial charge in [0.15, 0.2) is 10.9 Å². The highest BCUT2D eigenvalue weighted by molar-refractivity contribution is 7.99. The molecule has 0 aliphatic heterocycles. The van der Waals surface area contributed by atoms with Crippen molar-refractivity contribution < 1.29 is 4.79 Å². The zero-order chi connectivity index (χ0) is 18.4. The first-order chi connectivity index (χ1) is 12.5. The topological polar surface area (TPSA) is 56.9 Å². The summed E-state index contributed by atoms with van der Waals surface area (Å²) in [5, 5.41) is 2.50. The van der Waals surface area contributed by atoms with Crippen LogP contribution in [0.15, 0.2) is 27.5 Å². The van der Waals surface area contributed by atoms with Crippen LogP contribution in [0.4, 0.5) is 0 Å². The molecule has 0 unspecified atom stereocenters. The minimum absolute atomic E-state index is 0.0191. The van der Waals surface area contributed by atoms with Crippen LogP contribution >= 0.6 is 23.1 Å². The Balaban J connectivity index is 1.59. The molecule has 3 aromatic heterocycles. The summed E-state index contributed by atoms with van der Waals surface area (Å²) in [6, 6.07) is 4.42. The molecule has 0 radical (unpaired) electrons. The van der Waals surface area contributed by atoms with Crippen molar-refractivity contribution in [1.82, 2.24) is 14.1 Å². The number of fused-ring (bicyclic) bond motifs is 1. The highest BCUT2D eigenvalue weighted by Gasteiger charge is 2.28. The van der Waals surface area contributed by atoms with Crippen LogP contribution in [0.5, 0.6) is 0 Å². The SMILES string of the molecule is CCn1c(SCC(=O)c2cc(C)n(C3CC3)c2C)nc2ccsc2c1=O. The quantitative estimate of drug-likeness (QED) is 0.361. The fourth-order valence-electron chi connectivity index (χ4n) is 3.47. The molecule has 0 aromatic carbocycles. The summed E-state index contributed by atoms with van der Waals surface area (Å²) >= 11 is 2.77. The molecular formula is C19H21N3O2S2. The summed E-state index contributed by atoms with van der Waals surface area (Å²) in [5.74, 6) is 0.383. The molecule has 0 bridgehead atoms. The average Bonchev–Trinajstić information content (AvgIpc) is 3.24. The summed E-state index contributed by atoms with van der Waals surface area (Å²) in [4.78, 5) is 30.0. The van der Waals surface area contributed by atoms with E-state index in [1.165, 1.54) is 35.9 Å². The largest absolute Gasteiger partial charge is 0.345 e. The standard InChI is InChI=1S/C19H21N3O2S2/c1-4-21-18(24)17-15(7-8-25-17)20-19(21)26-10-16(23)14-9-11(2)22(12(14)3)13-5-6-13/h7-9,13H,4-6,10H2,1-3H3. The fourth-order valence-corrected chi connectivity index (χ4v) is 5.20. The lowest BCUT2D eigenvalue weighted by Crippen LogP contribution is -2.22. The molecule has 26 heavy (non-hydrogen) atoms. The number of carbonyl (C=O) groups is 1. The van der Waals surface area contributed by atoms with Crippen molar-refractivity contribution in [1.29, 1.82) is 0 Å². The van der Waals surface area contributed by atoms with Gasteiger partial charge in [0, 0.05) is 29.5 Å². The summed E-state index contributed by atoms with van der Waals surface area (Å²) in [7, 11) is 0. The Bertz CT molecular complexity index is 1060. The van der Waals surface area contributed by atoms with Crippen molar-refractivity contribution in [2.75, 3.05) is 5.75 Å². The molecule has 0 saturated heterocycles. The molecule has 7 heteroatoms. The van der Waals surface area contributed by atoms with Gasteiger partial charge in [0.1, 0.15) is 4.70 Å². The maximum Gasteiger partial charge on any atom is 0.272 e. The van der Waals surface area contributed by atoms with Gasteiger partial charge >= 0.3 is 0 Å². The second-order valence-corrected chi connectivity index (χ2v) is 8.54. The molecule has 3 heterocycles. The van der Waals surface area contributed by atoms with Crippen LogP contribution in [0.2, 0.25) is 0 Å². The van der Waals surface area contributed by atoms with Crippen LogP contribution in [0, 0.1) is 13.8 Å². The van der Waals surface area contributed by atoms with E-state index in [1.54, 1.807) is 4.57 Å². The zero-order valence-electron chi connectivity index (χ0n) is 15.1. The molecule has 1 aliphatic carbocycles. The van der Waals surface area contributed by atoms with Crippen molar-refractivity contribution >= 4 is 39.1 Å². The van der Waals surface area contributed by atoms with Crippen molar-refractivity contribution in [3.8, 4) is 0 Å². The minimum Gasteiger partial charge on any atom is -0.345 e. The highest BCUT2D eigenvalue weighted by atomic mass is 32.2. The Morgan fingerprint density at radius 2 is 2.15 bits per heavy atom. The van der Waals surface area contributed by atoms with Gasteiger partial charge in [0.2, 0.25) is 0 Å². The summed E-state index contributed by atoms with van der Waals surface area (Å²) in [5.41, 5.74) is 3.70. The third kappa shape index (κ3) is 2.93. The number of rotatable bonds is 6. The lowest BCUT2D eigenvalue weighted by molar-refractivity contribution is 0.102. The Morgan fingerprint density at radius 1 is 1.38 bits per heavy atom. The lowest BCUT2D eigenvalue weighted by atomic mass is 10.2. The molecular weight excluding hydrogens is 366 g/mol. The molecule has 0 atom stereocenters. The predicted molar refractivity (Wildman–Crippen MR) is 107 cm³/mol. The van der Waals surface area contributed by atoms with Crippen LogP contribution < -0.4 is 5.56 Å². The number of thioether (sulfide) groups is 1. The van der Waals surface area contributed by atoms with Gasteiger partial charge in [-0.1, -0.05) is 11.8 Å². The summed E-state index contributed by atoms with van der Waals surface area (Å²) in [6.45, 7) is 6.57. The average molecular weight is 388 g/mol. The van der Waals surface area contributed by atoms with E-state index in [-0.39, 0.29) is 17.1 Å². The monoisotopic (exact) mass is 387 g/mol. The Hall–Kier alpha value is -1.86. The van der Waals surface area contributed by atoms with E-state index >= 15 is 0 Å². The first kappa shape index (κ1) is 17.5. The number of aromatic nitrogens is 3. The number of hydrogen-bond donors (Lipinski definition) is 0. The second-order valence-electron chi connectivity index (χ2n) is 6.68. The van der Waals surface area contributed by atoms with Gasteiger partial charge in [-0.15, -0.1) is 11.3 Å². The van der Waals surface area contributed by atoms with Gasteiger partial charge in [-0.05, 0) is 51.1 Å². The van der Waals surface area contributed by atoms with Gasteiger partial charge in [0.05, 0.1) is 11.3 Å². The zero-order valence-corrected chi connectivity index (χ0v) is 16.7. The fraction of sp³-hybridized carbons (Fsp3) is 0.421. The second kappa shape index (κ2) is 6.70. The third-order valence-corrected chi connectivity index (χ3v) is 6.74. The van der Waals surface area contributed by atoms with E-state index in [0.717, 1.165) is 17.0 Å². The van der Waals surface area contributed by atoms with Crippen LogP contribution in [0.1, 0.15) is 47.6 Å². The van der Waals surface area contributed by atoms with Gasteiger partial charge < -0.3 is 4.57 Å². The predicted octanol–water partition coefficient (Wildman–Crippen LogP) is 4.21. The molecule has 5 nitrogen and oxygen atoms in total. The minimum atomic E-state index is -0.0191. The van der Waals surface area contributed by atoms with Crippen LogP contribution in [-0.4, -0.2) is 25.7 Å². The van der Waals surface area contributed by atoms with Gasteiger partial charge in [-0.25, -0.2) is 4.98 Å². The Morgan fingerprint density at radius 3 is 2.85 bits per heavy atom. The van der Waals surface area contributed by atoms with E-state index in [4.69, 9.17) is 0 Å². The smallest absolute Gasteiger partial charge is 0.272 e. The highest BCUT2D eigenvalue weighted by Crippen LogP contribution is 2.38. The maximum atomic E-state index is 12.8. The van der Waals surface area contributed by atoms with Crippen molar-refractivity contribution in [2.45, 2.75) is 51.4 Å². The number of carbonyl (C=O) groups excluding carboxylic acids is 1. The lowest BCUT2D eigenvalue weighted by Gasteiger charge is -2.10. The molecule has 136 valence electrons. The summed E-state index contributed by atoms with van der Waals surface area (Å²) in [6.07, 6.45) is 2.40. The van der Waals surface area contributed by atoms with Crippen molar-refractivity contribution in [3.05, 3.63) is 44.8 Å². The van der Waals surface area contributed by atoms with E-state index in [0.29, 0.717) is 28.0 Å². The van der Waals surface area contributed by atoms with E-state index in [2.05, 4.69) is 16.5 Å². The summed E-state index contributed by atoms with van der Waals surface area (Å²) < 4.78 is 4.62. The number of ketones is 1. The molecule has 3 aromatic rings. The first-order valence-corrected chi connectivity index (χ1v) is 10.7. The van der Waals surface area contributed by atoms with Gasteiger partial charge in [0.25, 0.3) is 5.56 Å². The Labute approximate surface area is 160 Å².